The Bertz CT molecular complexity index is 631. The highest BCUT2D eigenvalue weighted by Gasteiger charge is 2.09. The van der Waals surface area contributed by atoms with Gasteiger partial charge in [-0.3, -0.25) is 4.79 Å². The quantitative estimate of drug-likeness (QED) is 0.830. The molecular formula is C13H15BrFN5O. The Balaban J connectivity index is 1.93. The van der Waals surface area contributed by atoms with E-state index in [4.69, 9.17) is 0 Å². The summed E-state index contributed by atoms with van der Waals surface area (Å²) in [6.45, 7) is 3.40. The molecule has 0 aliphatic carbocycles. The molecule has 0 unspecified atom stereocenters. The Morgan fingerprint density at radius 1 is 1.48 bits per heavy atom. The standard InChI is InChI=1S/C13H15BrFN5O/c1-2-16-6-10-7-20(19-18-10)8-13(21)17-12-4-3-9(14)5-11(12)15/h3-5,7,16H,2,6,8H2,1H3,(H,17,21). The third kappa shape index (κ3) is 4.61. The Morgan fingerprint density at radius 2 is 2.29 bits per heavy atom. The zero-order valence-corrected chi connectivity index (χ0v) is 13.0. The number of benzene rings is 1. The molecule has 1 heterocycles. The molecule has 1 amide bonds. The second-order valence-corrected chi connectivity index (χ2v) is 5.28. The lowest BCUT2D eigenvalue weighted by atomic mass is 10.3. The highest BCUT2D eigenvalue weighted by atomic mass is 79.9. The number of amides is 1. The molecule has 0 radical (unpaired) electrons. The highest BCUT2D eigenvalue weighted by Crippen LogP contribution is 2.19. The largest absolute Gasteiger partial charge is 0.322 e. The molecule has 2 aromatic rings. The van der Waals surface area contributed by atoms with E-state index in [-0.39, 0.29) is 18.1 Å². The van der Waals surface area contributed by atoms with Gasteiger partial charge in [0.1, 0.15) is 12.4 Å². The Morgan fingerprint density at radius 3 is 3.00 bits per heavy atom. The van der Waals surface area contributed by atoms with E-state index in [1.807, 2.05) is 6.92 Å². The molecule has 112 valence electrons. The lowest BCUT2D eigenvalue weighted by Crippen LogP contribution is -2.19. The molecule has 2 rings (SSSR count). The molecule has 0 saturated carbocycles. The molecule has 0 saturated heterocycles. The minimum absolute atomic E-state index is 0.0192. The lowest BCUT2D eigenvalue weighted by molar-refractivity contribution is -0.116. The Hall–Kier alpha value is -1.80. The summed E-state index contributed by atoms with van der Waals surface area (Å²) in [4.78, 5) is 11.8. The van der Waals surface area contributed by atoms with Crippen LogP contribution >= 0.6 is 15.9 Å². The van der Waals surface area contributed by atoms with Gasteiger partial charge in [-0.05, 0) is 24.7 Å². The van der Waals surface area contributed by atoms with Crippen molar-refractivity contribution in [2.24, 2.45) is 0 Å². The van der Waals surface area contributed by atoms with Gasteiger partial charge >= 0.3 is 0 Å². The van der Waals surface area contributed by atoms with Crippen LogP contribution in [-0.2, 0) is 17.9 Å². The van der Waals surface area contributed by atoms with Gasteiger partial charge in [0, 0.05) is 11.0 Å². The van der Waals surface area contributed by atoms with Crippen molar-refractivity contribution in [1.29, 1.82) is 0 Å². The van der Waals surface area contributed by atoms with Crippen LogP contribution < -0.4 is 10.6 Å². The number of rotatable bonds is 6. The molecule has 1 aromatic carbocycles. The van der Waals surface area contributed by atoms with Gasteiger partial charge in [0.25, 0.3) is 0 Å². The van der Waals surface area contributed by atoms with Crippen LogP contribution in [-0.4, -0.2) is 27.4 Å². The van der Waals surface area contributed by atoms with Crippen molar-refractivity contribution in [2.75, 3.05) is 11.9 Å². The van der Waals surface area contributed by atoms with Crippen LogP contribution in [0.1, 0.15) is 12.6 Å². The maximum Gasteiger partial charge on any atom is 0.246 e. The number of aromatic nitrogens is 3. The predicted octanol–water partition coefficient (Wildman–Crippen LogP) is 1.93. The number of anilines is 1. The fourth-order valence-corrected chi connectivity index (χ4v) is 2.01. The minimum Gasteiger partial charge on any atom is -0.322 e. The average molecular weight is 356 g/mol. The maximum atomic E-state index is 13.6. The third-order valence-corrected chi connectivity index (χ3v) is 3.15. The van der Waals surface area contributed by atoms with E-state index in [0.29, 0.717) is 11.0 Å². The van der Waals surface area contributed by atoms with Crippen molar-refractivity contribution < 1.29 is 9.18 Å². The van der Waals surface area contributed by atoms with Crippen molar-refractivity contribution >= 4 is 27.5 Å². The molecule has 0 aliphatic heterocycles. The number of nitrogens with one attached hydrogen (secondary N) is 2. The second kappa shape index (κ2) is 7.28. The molecule has 2 N–H and O–H groups in total. The topological polar surface area (TPSA) is 71.8 Å². The first-order chi connectivity index (χ1) is 10.1. The van der Waals surface area contributed by atoms with Crippen LogP contribution in [0.4, 0.5) is 10.1 Å². The fraction of sp³-hybridized carbons (Fsp3) is 0.308. The van der Waals surface area contributed by atoms with Crippen LogP contribution in [0.5, 0.6) is 0 Å². The van der Waals surface area contributed by atoms with Crippen LogP contribution in [0.25, 0.3) is 0 Å². The summed E-state index contributed by atoms with van der Waals surface area (Å²) in [6, 6.07) is 4.44. The van der Waals surface area contributed by atoms with Gasteiger partial charge in [-0.15, -0.1) is 5.10 Å². The van der Waals surface area contributed by atoms with Crippen molar-refractivity contribution in [3.8, 4) is 0 Å². The average Bonchev–Trinajstić information content (AvgIpc) is 2.87. The van der Waals surface area contributed by atoms with Crippen molar-refractivity contribution in [3.05, 3.63) is 40.4 Å². The number of halogens is 2. The van der Waals surface area contributed by atoms with E-state index in [1.165, 1.54) is 16.8 Å². The molecule has 1 aromatic heterocycles. The van der Waals surface area contributed by atoms with Gasteiger partial charge in [0.2, 0.25) is 5.91 Å². The van der Waals surface area contributed by atoms with Gasteiger partial charge in [0.15, 0.2) is 0 Å². The summed E-state index contributed by atoms with van der Waals surface area (Å²) in [5.41, 5.74) is 0.885. The molecule has 8 heteroatoms. The van der Waals surface area contributed by atoms with Crippen molar-refractivity contribution in [3.63, 3.8) is 0 Å². The molecule has 0 aliphatic rings. The third-order valence-electron chi connectivity index (χ3n) is 2.65. The van der Waals surface area contributed by atoms with Gasteiger partial charge in [-0.1, -0.05) is 28.1 Å². The van der Waals surface area contributed by atoms with Crippen LogP contribution in [0, 0.1) is 5.82 Å². The smallest absolute Gasteiger partial charge is 0.246 e. The normalized spacial score (nSPS) is 10.6. The molecule has 0 atom stereocenters. The second-order valence-electron chi connectivity index (χ2n) is 4.36. The summed E-state index contributed by atoms with van der Waals surface area (Å²) in [5.74, 6) is -0.861. The summed E-state index contributed by atoms with van der Waals surface area (Å²) in [7, 11) is 0. The molecular weight excluding hydrogens is 341 g/mol. The number of hydrogen-bond acceptors (Lipinski definition) is 4. The van der Waals surface area contributed by atoms with E-state index in [9.17, 15) is 9.18 Å². The fourth-order valence-electron chi connectivity index (χ4n) is 1.68. The lowest BCUT2D eigenvalue weighted by Gasteiger charge is -2.06. The molecule has 0 spiro atoms. The summed E-state index contributed by atoms with van der Waals surface area (Å²) < 4.78 is 15.6. The van der Waals surface area contributed by atoms with Gasteiger partial charge in [0.05, 0.1) is 17.6 Å². The SMILES string of the molecule is CCNCc1cn(CC(=O)Nc2ccc(Br)cc2F)nn1. The maximum absolute atomic E-state index is 13.6. The van der Waals surface area contributed by atoms with Crippen molar-refractivity contribution in [2.45, 2.75) is 20.0 Å². The summed E-state index contributed by atoms with van der Waals surface area (Å²) in [5, 5.41) is 13.4. The minimum atomic E-state index is -0.496. The molecule has 0 bridgehead atoms. The molecule has 0 fully saturated rings. The first-order valence-electron chi connectivity index (χ1n) is 6.43. The first kappa shape index (κ1) is 15.6. The Labute approximate surface area is 129 Å². The Kier molecular flexibility index (Phi) is 5.40. The number of carbonyl (C=O) groups excluding carboxylic acids is 1. The number of carbonyl (C=O) groups is 1. The van der Waals surface area contributed by atoms with E-state index in [0.717, 1.165) is 12.2 Å². The van der Waals surface area contributed by atoms with E-state index < -0.39 is 5.82 Å². The van der Waals surface area contributed by atoms with Crippen LogP contribution in [0.2, 0.25) is 0 Å². The van der Waals surface area contributed by atoms with Crippen LogP contribution in [0.15, 0.2) is 28.9 Å². The molecule has 6 nitrogen and oxygen atoms in total. The van der Waals surface area contributed by atoms with Crippen LogP contribution in [0.3, 0.4) is 0 Å². The zero-order chi connectivity index (χ0) is 15.2. The monoisotopic (exact) mass is 355 g/mol. The summed E-state index contributed by atoms with van der Waals surface area (Å²) >= 11 is 3.16. The highest BCUT2D eigenvalue weighted by molar-refractivity contribution is 9.10. The van der Waals surface area contributed by atoms with E-state index >= 15 is 0 Å². The number of hydrogen-bond donors (Lipinski definition) is 2. The zero-order valence-electron chi connectivity index (χ0n) is 11.4. The van der Waals surface area contributed by atoms with Crippen molar-refractivity contribution in [1.82, 2.24) is 20.3 Å². The first-order valence-corrected chi connectivity index (χ1v) is 7.22. The van der Waals surface area contributed by atoms with Gasteiger partial charge in [-0.25, -0.2) is 9.07 Å². The van der Waals surface area contributed by atoms with Gasteiger partial charge < -0.3 is 10.6 Å². The van der Waals surface area contributed by atoms with E-state index in [1.54, 1.807) is 12.3 Å². The number of nitrogens with zero attached hydrogens (tertiary/aromatic N) is 3. The molecule has 21 heavy (non-hydrogen) atoms. The van der Waals surface area contributed by atoms with Gasteiger partial charge in [-0.2, -0.15) is 0 Å². The van der Waals surface area contributed by atoms with E-state index in [2.05, 4.69) is 36.9 Å². The predicted molar refractivity (Wildman–Crippen MR) is 80.1 cm³/mol. The summed E-state index contributed by atoms with van der Waals surface area (Å²) in [6.07, 6.45) is 1.68.